The molecule has 8 atom stereocenters. The molecule has 6 saturated heterocycles. The molecule has 7 aliphatic rings. The summed E-state index contributed by atoms with van der Waals surface area (Å²) in [7, 11) is -2.44. The summed E-state index contributed by atoms with van der Waals surface area (Å²) in [5.41, 5.74) is 0.580. The lowest BCUT2D eigenvalue weighted by Gasteiger charge is -2.61. The molecule has 68 heavy (non-hydrogen) atoms. The van der Waals surface area contributed by atoms with Crippen molar-refractivity contribution in [2.75, 3.05) is 76.3 Å². The molecule has 2 aromatic heterocycles. The molecule has 20 heteroatoms. The molecule has 19 nitrogen and oxygen atoms in total. The molecule has 1 spiro atoms. The van der Waals surface area contributed by atoms with Crippen LogP contribution >= 0.6 is 0 Å². The van der Waals surface area contributed by atoms with Crippen LogP contribution in [0, 0.1) is 39.7 Å². The van der Waals surface area contributed by atoms with Crippen LogP contribution < -0.4 is 19.7 Å². The van der Waals surface area contributed by atoms with Gasteiger partial charge in [0, 0.05) is 107 Å². The number of pyridine rings is 1. The second-order valence-corrected chi connectivity index (χ2v) is 21.5. The highest BCUT2D eigenvalue weighted by Gasteiger charge is 2.69. The zero-order valence-corrected chi connectivity index (χ0v) is 39.9. The van der Waals surface area contributed by atoms with E-state index in [4.69, 9.17) is 28.7 Å². The van der Waals surface area contributed by atoms with Crippen LogP contribution in [0.4, 0.5) is 17.1 Å². The Balaban J connectivity index is 0.808. The van der Waals surface area contributed by atoms with Gasteiger partial charge in [0.15, 0.2) is 11.9 Å². The number of carbonyl (C=O) groups excluding carboxylic acids is 1. The fourth-order valence-corrected chi connectivity index (χ4v) is 12.5. The average molecular weight is 959 g/mol. The number of aromatic nitrogens is 2. The van der Waals surface area contributed by atoms with Gasteiger partial charge >= 0.3 is 0 Å². The maximum absolute atomic E-state index is 14.0. The third kappa shape index (κ3) is 9.05. The summed E-state index contributed by atoms with van der Waals surface area (Å²) in [4.78, 5) is 51.8. The summed E-state index contributed by atoms with van der Waals surface area (Å²) < 4.78 is 54.8. The second-order valence-electron chi connectivity index (χ2n) is 19.8. The molecule has 8 heterocycles. The molecule has 2 bridgehead atoms. The van der Waals surface area contributed by atoms with Gasteiger partial charge < -0.3 is 34.1 Å². The summed E-state index contributed by atoms with van der Waals surface area (Å²) >= 11 is 0. The van der Waals surface area contributed by atoms with Crippen LogP contribution in [-0.2, 0) is 34.0 Å². The number of amides is 1. The highest BCUT2D eigenvalue weighted by atomic mass is 32.2. The zero-order chi connectivity index (χ0) is 47.4. The van der Waals surface area contributed by atoms with E-state index in [1.54, 1.807) is 24.4 Å². The van der Waals surface area contributed by atoms with Crippen molar-refractivity contribution in [2.24, 2.45) is 29.6 Å². The van der Waals surface area contributed by atoms with Crippen molar-refractivity contribution in [1.29, 1.82) is 0 Å². The number of hydrogen-bond donors (Lipinski definition) is 3. The molecule has 7 fully saturated rings. The van der Waals surface area contributed by atoms with Gasteiger partial charge in [-0.15, -0.1) is 0 Å². The quantitative estimate of drug-likeness (QED) is 0.0701. The van der Waals surface area contributed by atoms with E-state index in [2.05, 4.69) is 55.6 Å². The largest absolute Gasteiger partial charge is 0.455 e. The van der Waals surface area contributed by atoms with Crippen LogP contribution in [0.25, 0.3) is 11.0 Å². The van der Waals surface area contributed by atoms with Gasteiger partial charge in [0.05, 0.1) is 21.6 Å². The van der Waals surface area contributed by atoms with Crippen molar-refractivity contribution in [2.45, 2.75) is 88.1 Å². The molecule has 4 aromatic rings. The number of sulfonamides is 1. The number of H-pyrrole nitrogens is 1. The van der Waals surface area contributed by atoms with E-state index in [-0.39, 0.29) is 41.0 Å². The van der Waals surface area contributed by atoms with Crippen molar-refractivity contribution in [3.8, 4) is 11.5 Å². The van der Waals surface area contributed by atoms with E-state index >= 15 is 0 Å². The van der Waals surface area contributed by atoms with Gasteiger partial charge in [-0.25, -0.2) is 27.9 Å². The van der Waals surface area contributed by atoms with E-state index in [1.807, 2.05) is 13.0 Å². The summed E-state index contributed by atoms with van der Waals surface area (Å²) in [5, 5.41) is 16.0. The van der Waals surface area contributed by atoms with E-state index in [9.17, 15) is 23.3 Å². The number of aromatic amines is 1. The molecule has 1 aliphatic carbocycles. The Morgan fingerprint density at radius 1 is 1.01 bits per heavy atom. The van der Waals surface area contributed by atoms with E-state index in [0.29, 0.717) is 56.1 Å². The van der Waals surface area contributed by atoms with Gasteiger partial charge in [-0.3, -0.25) is 24.7 Å². The Labute approximate surface area is 396 Å². The summed E-state index contributed by atoms with van der Waals surface area (Å²) in [6.07, 6.45) is 8.26. The minimum Gasteiger partial charge on any atom is -0.455 e. The molecule has 0 radical (unpaired) electrons. The first kappa shape index (κ1) is 46.8. The van der Waals surface area contributed by atoms with Gasteiger partial charge in [-0.2, -0.15) is 0 Å². The van der Waals surface area contributed by atoms with Gasteiger partial charge in [0.25, 0.3) is 21.6 Å². The summed E-state index contributed by atoms with van der Waals surface area (Å²) in [6.45, 7) is 12.9. The molecule has 0 unspecified atom stereocenters. The zero-order valence-electron chi connectivity index (χ0n) is 39.1. The first-order valence-corrected chi connectivity index (χ1v) is 25.5. The van der Waals surface area contributed by atoms with Crippen LogP contribution in [0.3, 0.4) is 0 Å². The van der Waals surface area contributed by atoms with Crippen LogP contribution in [0.2, 0.25) is 0 Å². The number of ether oxygens (including phenoxy) is 4. The number of anilines is 2. The fourth-order valence-electron chi connectivity index (χ4n) is 11.5. The first-order chi connectivity index (χ1) is 32.7. The lowest BCUT2D eigenvalue weighted by Crippen LogP contribution is -2.71. The molecule has 6 aliphatic heterocycles. The van der Waals surface area contributed by atoms with Crippen molar-refractivity contribution in [3.05, 3.63) is 76.6 Å². The summed E-state index contributed by atoms with van der Waals surface area (Å²) in [5.74, 6) is 0.231. The first-order valence-electron chi connectivity index (χ1n) is 24.0. The number of nitro groups is 1. The van der Waals surface area contributed by atoms with E-state index in [0.717, 1.165) is 81.8 Å². The van der Waals surface area contributed by atoms with Gasteiger partial charge in [0.2, 0.25) is 5.79 Å². The molecule has 2 aromatic carbocycles. The maximum atomic E-state index is 14.0. The Hall–Kier alpha value is -4.93. The molecule has 366 valence electrons. The predicted octanol–water partition coefficient (Wildman–Crippen LogP) is 6.48. The number of nitro benzene ring substituents is 1. The number of hydrogen-bond acceptors (Lipinski definition) is 16. The van der Waals surface area contributed by atoms with Gasteiger partial charge in [-0.05, 0) is 100 Å². The number of piperazine rings is 1. The van der Waals surface area contributed by atoms with Crippen molar-refractivity contribution < 1.29 is 46.9 Å². The van der Waals surface area contributed by atoms with Crippen molar-refractivity contribution in [3.63, 3.8) is 0 Å². The number of benzene rings is 2. The standard InChI is InChI=1S/C48H62N8O11S/c1-30-5-9-39-31(2)45(64-46-48(39)38(30)11-15-47(3,65-46)66-67-48)53(4)17-18-54-19-21-55(22-20-54)34-6-8-37(42(26-34)63-35-25-33-12-16-49-43(33)51-29-35)44(57)52-68(60,61)36-7-10-40(41(27-36)56(58)59)50-28-32-13-23-62-24-14-32/h6-8,10,12,16,25-27,29-32,38-39,45-46,50H,5,9,11,13-15,17-24,28H2,1-4H3,(H,49,51)(H,52,57)/t30-,31-,38+,39+,45-,46-,47-,48-/m1/s1. The third-order valence-electron chi connectivity index (χ3n) is 15.5. The van der Waals surface area contributed by atoms with Crippen molar-refractivity contribution >= 4 is 44.0 Å². The number of nitrogens with one attached hydrogen (secondary N) is 3. The lowest BCUT2D eigenvalue weighted by molar-refractivity contribution is -0.574. The smallest absolute Gasteiger partial charge is 0.293 e. The SMILES string of the molecule is C[C@H]1[C@H](N(C)CCN2CCN(c3ccc(C(=O)NS(=O)(=O)c4ccc(NCC5CCOCC5)c([N+](=O)[O-])c4)c(Oc4cnc5[nH]ccc5c4)c3)CC2)O[C@@H]2O[C@@]3(C)CC[C@H]4[C@H](C)CC[C@@H]1[C@@]24OO3. The Bertz CT molecular complexity index is 2620. The van der Waals surface area contributed by atoms with Crippen LogP contribution in [-0.4, -0.2) is 129 Å². The molecule has 11 rings (SSSR count). The average Bonchev–Trinajstić information content (AvgIpc) is 3.69. The van der Waals surface area contributed by atoms with Gasteiger partial charge in [0.1, 0.15) is 29.1 Å². The number of carbonyl (C=O) groups is 1. The maximum Gasteiger partial charge on any atom is 0.293 e. The highest BCUT2D eigenvalue weighted by molar-refractivity contribution is 7.90. The topological polar surface area (TPSA) is 212 Å². The van der Waals surface area contributed by atoms with Crippen LogP contribution in [0.15, 0.2) is 65.8 Å². The van der Waals surface area contributed by atoms with Crippen LogP contribution in [0.5, 0.6) is 11.5 Å². The van der Waals surface area contributed by atoms with Gasteiger partial charge in [-0.1, -0.05) is 13.8 Å². The van der Waals surface area contributed by atoms with Crippen LogP contribution in [0.1, 0.15) is 69.7 Å². The molecular formula is C48H62N8O11S. The fraction of sp³-hybridized carbons (Fsp3) is 0.583. The highest BCUT2D eigenvalue weighted by Crippen LogP contribution is 2.60. The Morgan fingerprint density at radius 3 is 2.62 bits per heavy atom. The third-order valence-corrected chi connectivity index (χ3v) is 16.8. The summed E-state index contributed by atoms with van der Waals surface area (Å²) in [6, 6.07) is 12.2. The Kier molecular flexibility index (Phi) is 12.9. The number of nitrogens with zero attached hydrogens (tertiary/aromatic N) is 5. The lowest BCUT2D eigenvalue weighted by atomic mass is 9.58. The molecular weight excluding hydrogens is 897 g/mol. The monoisotopic (exact) mass is 958 g/mol. The minimum absolute atomic E-state index is 0.0453. The molecule has 1 saturated carbocycles. The number of fused-ring (bicyclic) bond motifs is 3. The van der Waals surface area contributed by atoms with E-state index in [1.165, 1.54) is 24.4 Å². The number of rotatable bonds is 14. The Morgan fingerprint density at radius 2 is 1.82 bits per heavy atom. The molecule has 3 N–H and O–H groups in total. The second kappa shape index (κ2) is 18.8. The van der Waals surface area contributed by atoms with E-state index < -0.39 is 49.1 Å². The predicted molar refractivity (Wildman–Crippen MR) is 251 cm³/mol. The van der Waals surface area contributed by atoms with Crippen molar-refractivity contribution in [1.82, 2.24) is 24.5 Å². The normalized spacial score (nSPS) is 29.9. The number of likely N-dealkylation sites (N-methyl/N-ethyl adjacent to an activating group) is 1. The minimum atomic E-state index is -4.57. The molecule has 1 amide bonds.